The second-order valence-electron chi connectivity index (χ2n) is 4.60. The van der Waals surface area contributed by atoms with Crippen LogP contribution in [0.1, 0.15) is 17.4 Å². The Hall–Kier alpha value is -1.79. The fourth-order valence-corrected chi connectivity index (χ4v) is 2.80. The molecule has 0 fully saturated rings. The summed E-state index contributed by atoms with van der Waals surface area (Å²) in [5, 5.41) is 16.1. The Balaban J connectivity index is 1.99. The van der Waals surface area contributed by atoms with Gasteiger partial charge in [0.2, 0.25) is 0 Å². The summed E-state index contributed by atoms with van der Waals surface area (Å²) in [5.41, 5.74) is 0.315. The Kier molecular flexibility index (Phi) is 4.81. The van der Waals surface area contributed by atoms with Gasteiger partial charge in [-0.1, -0.05) is 6.07 Å². The number of nitro benzene ring substituents is 1. The van der Waals surface area contributed by atoms with Crippen LogP contribution in [0.15, 0.2) is 35.7 Å². The van der Waals surface area contributed by atoms with E-state index in [1.54, 1.807) is 11.3 Å². The summed E-state index contributed by atoms with van der Waals surface area (Å²) in [5.74, 6) is -0.460. The Bertz CT molecular complexity index is 587. The Morgan fingerprint density at radius 3 is 2.90 bits per heavy atom. The number of hydrogen-bond acceptors (Lipinski definition) is 4. The van der Waals surface area contributed by atoms with Crippen LogP contribution in [0.2, 0.25) is 0 Å². The van der Waals surface area contributed by atoms with E-state index in [0.29, 0.717) is 5.56 Å². The van der Waals surface area contributed by atoms with Gasteiger partial charge < -0.3 is 5.32 Å². The van der Waals surface area contributed by atoms with Gasteiger partial charge >= 0.3 is 0 Å². The van der Waals surface area contributed by atoms with Crippen molar-refractivity contribution in [1.29, 1.82) is 0 Å². The molecule has 4 nitrogen and oxygen atoms in total. The van der Waals surface area contributed by atoms with Gasteiger partial charge in [0, 0.05) is 29.1 Å². The Morgan fingerprint density at radius 2 is 2.25 bits per heavy atom. The third-order valence-corrected chi connectivity index (χ3v) is 3.87. The molecule has 6 heteroatoms. The predicted molar refractivity (Wildman–Crippen MR) is 77.4 cm³/mol. The third kappa shape index (κ3) is 3.85. The minimum atomic E-state index is -0.486. The van der Waals surface area contributed by atoms with E-state index in [1.807, 2.05) is 24.4 Å². The summed E-state index contributed by atoms with van der Waals surface area (Å²) in [6, 6.07) is 7.73. The van der Waals surface area contributed by atoms with E-state index in [9.17, 15) is 14.5 Å². The minimum absolute atomic E-state index is 0.0535. The molecular formula is C14H15FN2O2S. The highest BCUT2D eigenvalue weighted by Gasteiger charge is 2.15. The molecule has 0 aliphatic rings. The van der Waals surface area contributed by atoms with Crippen LogP contribution in [0.5, 0.6) is 0 Å². The quantitative estimate of drug-likeness (QED) is 0.655. The molecule has 1 aromatic heterocycles. The van der Waals surface area contributed by atoms with Gasteiger partial charge in [0.1, 0.15) is 5.82 Å². The zero-order valence-electron chi connectivity index (χ0n) is 11.0. The number of thiophene rings is 1. The zero-order chi connectivity index (χ0) is 14.5. The summed E-state index contributed by atoms with van der Waals surface area (Å²) >= 11 is 1.68. The van der Waals surface area contributed by atoms with E-state index in [-0.39, 0.29) is 18.3 Å². The lowest BCUT2D eigenvalue weighted by molar-refractivity contribution is -0.385. The van der Waals surface area contributed by atoms with E-state index in [1.165, 1.54) is 17.0 Å². The molecule has 1 unspecified atom stereocenters. The fourth-order valence-electron chi connectivity index (χ4n) is 1.96. The van der Waals surface area contributed by atoms with Crippen molar-refractivity contribution in [2.75, 3.05) is 0 Å². The number of nitrogens with zero attached hydrogens (tertiary/aromatic N) is 1. The molecule has 0 spiro atoms. The van der Waals surface area contributed by atoms with Crippen molar-refractivity contribution in [3.05, 3.63) is 62.1 Å². The van der Waals surface area contributed by atoms with Crippen LogP contribution >= 0.6 is 11.3 Å². The van der Waals surface area contributed by atoms with Crippen LogP contribution in [-0.2, 0) is 13.0 Å². The number of nitrogens with one attached hydrogen (secondary N) is 1. The number of halogens is 1. The maximum absolute atomic E-state index is 13.2. The smallest absolute Gasteiger partial charge is 0.274 e. The van der Waals surface area contributed by atoms with E-state index < -0.39 is 10.7 Å². The monoisotopic (exact) mass is 294 g/mol. The van der Waals surface area contributed by atoms with Gasteiger partial charge in [-0.2, -0.15) is 0 Å². The van der Waals surface area contributed by atoms with E-state index in [2.05, 4.69) is 5.32 Å². The van der Waals surface area contributed by atoms with Crippen molar-refractivity contribution in [2.24, 2.45) is 0 Å². The number of rotatable bonds is 6. The zero-order valence-corrected chi connectivity index (χ0v) is 11.8. The van der Waals surface area contributed by atoms with Gasteiger partial charge in [0.15, 0.2) is 0 Å². The molecule has 2 rings (SSSR count). The van der Waals surface area contributed by atoms with Gasteiger partial charge in [0.05, 0.1) is 4.92 Å². The van der Waals surface area contributed by atoms with Crippen LogP contribution in [0, 0.1) is 15.9 Å². The van der Waals surface area contributed by atoms with Crippen molar-refractivity contribution in [3.8, 4) is 0 Å². The first kappa shape index (κ1) is 14.6. The maximum atomic E-state index is 13.2. The van der Waals surface area contributed by atoms with E-state index >= 15 is 0 Å². The lowest BCUT2D eigenvalue weighted by Gasteiger charge is -2.13. The van der Waals surface area contributed by atoms with E-state index in [4.69, 9.17) is 0 Å². The topological polar surface area (TPSA) is 55.2 Å². The molecule has 20 heavy (non-hydrogen) atoms. The number of nitro groups is 1. The summed E-state index contributed by atoms with van der Waals surface area (Å²) in [6.45, 7) is 2.28. The largest absolute Gasteiger partial charge is 0.310 e. The highest BCUT2D eigenvalue weighted by molar-refractivity contribution is 7.09. The van der Waals surface area contributed by atoms with Crippen LogP contribution in [0.4, 0.5) is 10.1 Å². The average Bonchev–Trinajstić information content (AvgIpc) is 2.89. The minimum Gasteiger partial charge on any atom is -0.310 e. The third-order valence-electron chi connectivity index (χ3n) is 2.97. The van der Waals surface area contributed by atoms with Gasteiger partial charge in [-0.3, -0.25) is 10.1 Å². The SMILES string of the molecule is CC(Cc1cccs1)NCc1cc(F)ccc1[N+](=O)[O-]. The van der Waals surface area contributed by atoms with Crippen LogP contribution in [0.3, 0.4) is 0 Å². The van der Waals surface area contributed by atoms with Crippen molar-refractivity contribution < 1.29 is 9.31 Å². The summed E-state index contributed by atoms with van der Waals surface area (Å²) < 4.78 is 13.2. The molecular weight excluding hydrogens is 279 g/mol. The molecule has 0 aliphatic carbocycles. The second kappa shape index (κ2) is 6.58. The van der Waals surface area contributed by atoms with Gasteiger partial charge in [-0.15, -0.1) is 11.3 Å². The van der Waals surface area contributed by atoms with Crippen LogP contribution in [-0.4, -0.2) is 11.0 Å². The Labute approximate surface area is 120 Å². The first-order valence-electron chi connectivity index (χ1n) is 6.25. The predicted octanol–water partition coefficient (Wildman–Crippen LogP) is 3.52. The molecule has 1 N–H and O–H groups in total. The Morgan fingerprint density at radius 1 is 1.45 bits per heavy atom. The highest BCUT2D eigenvalue weighted by atomic mass is 32.1. The molecule has 1 atom stereocenters. The van der Waals surface area contributed by atoms with E-state index in [0.717, 1.165) is 12.5 Å². The molecule has 106 valence electrons. The molecule has 0 aliphatic heterocycles. The highest BCUT2D eigenvalue weighted by Crippen LogP contribution is 2.19. The molecule has 1 heterocycles. The molecule has 0 saturated heterocycles. The normalized spacial score (nSPS) is 12.3. The number of benzene rings is 1. The molecule has 0 bridgehead atoms. The van der Waals surface area contributed by atoms with Crippen molar-refractivity contribution in [3.63, 3.8) is 0 Å². The average molecular weight is 294 g/mol. The molecule has 0 radical (unpaired) electrons. The summed E-state index contributed by atoms with van der Waals surface area (Å²) in [7, 11) is 0. The molecule has 1 aromatic carbocycles. The van der Waals surface area contributed by atoms with Crippen molar-refractivity contribution in [2.45, 2.75) is 25.9 Å². The maximum Gasteiger partial charge on any atom is 0.274 e. The molecule has 2 aromatic rings. The van der Waals surface area contributed by atoms with Gasteiger partial charge in [-0.25, -0.2) is 4.39 Å². The molecule has 0 amide bonds. The molecule has 0 saturated carbocycles. The standard InChI is InChI=1S/C14H15FN2O2S/c1-10(7-13-3-2-6-20-13)16-9-11-8-12(15)4-5-14(11)17(18)19/h2-6,8,10,16H,7,9H2,1H3. The first-order chi connectivity index (χ1) is 9.56. The summed E-state index contributed by atoms with van der Waals surface area (Å²) in [6.07, 6.45) is 0.848. The number of hydrogen-bond donors (Lipinski definition) is 1. The lowest BCUT2D eigenvalue weighted by Crippen LogP contribution is -2.27. The van der Waals surface area contributed by atoms with Crippen molar-refractivity contribution in [1.82, 2.24) is 5.32 Å². The fraction of sp³-hybridized carbons (Fsp3) is 0.286. The van der Waals surface area contributed by atoms with Crippen molar-refractivity contribution >= 4 is 17.0 Å². The second-order valence-corrected chi connectivity index (χ2v) is 5.63. The van der Waals surface area contributed by atoms with Gasteiger partial charge in [-0.05, 0) is 36.9 Å². The van der Waals surface area contributed by atoms with Crippen LogP contribution in [0.25, 0.3) is 0 Å². The first-order valence-corrected chi connectivity index (χ1v) is 7.13. The lowest BCUT2D eigenvalue weighted by atomic mass is 10.1. The van der Waals surface area contributed by atoms with Gasteiger partial charge in [0.25, 0.3) is 5.69 Å². The van der Waals surface area contributed by atoms with Crippen LogP contribution < -0.4 is 5.32 Å². The summed E-state index contributed by atoms with van der Waals surface area (Å²) in [4.78, 5) is 11.7.